The number of rotatable bonds is 6. The Morgan fingerprint density at radius 3 is 2.62 bits per heavy atom. The fraction of sp³-hybridized carbons (Fsp3) is 0.417. The molecule has 4 heteroatoms. The predicted octanol–water partition coefficient (Wildman–Crippen LogP) is 2.38. The summed E-state index contributed by atoms with van der Waals surface area (Å²) in [6, 6.07) is 9.92. The van der Waals surface area contributed by atoms with E-state index < -0.39 is 6.16 Å². The van der Waals surface area contributed by atoms with E-state index in [4.69, 9.17) is 9.47 Å². The summed E-state index contributed by atoms with van der Waals surface area (Å²) in [5.74, 6) is 0. The normalized spacial score (nSPS) is 9.81. The summed E-state index contributed by atoms with van der Waals surface area (Å²) in [5, 5.41) is 0. The predicted molar refractivity (Wildman–Crippen MR) is 59.1 cm³/mol. The van der Waals surface area contributed by atoms with E-state index in [0.29, 0.717) is 26.2 Å². The molecule has 88 valence electrons. The summed E-state index contributed by atoms with van der Waals surface area (Å²) < 4.78 is 14.4. The lowest BCUT2D eigenvalue weighted by Gasteiger charge is -2.04. The Balaban J connectivity index is 1.98. The largest absolute Gasteiger partial charge is 0.507 e. The number of ether oxygens (including phenoxy) is 3. The molecular weight excluding hydrogens is 208 g/mol. The Morgan fingerprint density at radius 2 is 1.94 bits per heavy atom. The van der Waals surface area contributed by atoms with Gasteiger partial charge >= 0.3 is 6.16 Å². The molecule has 0 amide bonds. The van der Waals surface area contributed by atoms with Crippen LogP contribution in [0.5, 0.6) is 0 Å². The van der Waals surface area contributed by atoms with Crippen LogP contribution in [-0.4, -0.2) is 26.5 Å². The molecule has 0 saturated carbocycles. The van der Waals surface area contributed by atoms with Crippen LogP contribution in [0.2, 0.25) is 0 Å². The number of methoxy groups -OCH3 is 1. The highest BCUT2D eigenvalue weighted by molar-refractivity contribution is 5.59. The molecule has 0 fully saturated rings. The first-order valence-electron chi connectivity index (χ1n) is 5.15. The van der Waals surface area contributed by atoms with Gasteiger partial charge < -0.3 is 14.2 Å². The summed E-state index contributed by atoms with van der Waals surface area (Å²) in [5.41, 5.74) is 1.14. The summed E-state index contributed by atoms with van der Waals surface area (Å²) in [6.07, 6.45) is 0.0186. The third-order valence-electron chi connectivity index (χ3n) is 1.93. The Hall–Kier alpha value is -1.55. The molecule has 1 aromatic rings. The lowest BCUT2D eigenvalue weighted by Crippen LogP contribution is -2.07. The molecule has 0 saturated heterocycles. The van der Waals surface area contributed by atoms with Gasteiger partial charge in [0.25, 0.3) is 0 Å². The third-order valence-corrected chi connectivity index (χ3v) is 1.93. The van der Waals surface area contributed by atoms with E-state index in [2.05, 4.69) is 4.74 Å². The third kappa shape index (κ3) is 5.36. The fourth-order valence-electron chi connectivity index (χ4n) is 1.14. The molecule has 0 unspecified atom stereocenters. The zero-order chi connectivity index (χ0) is 11.6. The molecule has 0 bridgehead atoms. The van der Waals surface area contributed by atoms with Crippen molar-refractivity contribution >= 4 is 6.16 Å². The first-order valence-corrected chi connectivity index (χ1v) is 5.15. The van der Waals surface area contributed by atoms with Gasteiger partial charge in [-0.3, -0.25) is 0 Å². The Labute approximate surface area is 95.1 Å². The first kappa shape index (κ1) is 12.5. The number of hydrogen-bond donors (Lipinski definition) is 0. The molecule has 0 radical (unpaired) electrons. The lowest BCUT2D eigenvalue weighted by molar-refractivity contribution is 0.0563. The highest BCUT2D eigenvalue weighted by Crippen LogP contribution is 2.00. The van der Waals surface area contributed by atoms with E-state index in [1.165, 1.54) is 7.11 Å². The molecule has 0 aliphatic carbocycles. The Kier molecular flexibility index (Phi) is 6.03. The molecule has 0 heterocycles. The zero-order valence-electron chi connectivity index (χ0n) is 9.35. The maximum atomic E-state index is 10.6. The second-order valence-electron chi connectivity index (χ2n) is 3.19. The van der Waals surface area contributed by atoms with Crippen LogP contribution in [0.25, 0.3) is 0 Å². The minimum Gasteiger partial charge on any atom is -0.438 e. The van der Waals surface area contributed by atoms with Crippen LogP contribution in [-0.2, 0) is 20.8 Å². The highest BCUT2D eigenvalue weighted by Gasteiger charge is 1.98. The van der Waals surface area contributed by atoms with Crippen molar-refractivity contribution in [3.63, 3.8) is 0 Å². The van der Waals surface area contributed by atoms with Gasteiger partial charge in [-0.15, -0.1) is 0 Å². The van der Waals surface area contributed by atoms with Gasteiger partial charge in [-0.05, 0) is 5.56 Å². The number of benzene rings is 1. The van der Waals surface area contributed by atoms with Crippen molar-refractivity contribution in [2.45, 2.75) is 13.0 Å². The van der Waals surface area contributed by atoms with E-state index in [0.717, 1.165) is 5.56 Å². The van der Waals surface area contributed by atoms with Gasteiger partial charge in [-0.2, -0.15) is 0 Å². The second-order valence-corrected chi connectivity index (χ2v) is 3.19. The van der Waals surface area contributed by atoms with Gasteiger partial charge in [-0.25, -0.2) is 4.79 Å². The molecule has 0 aliphatic rings. The lowest BCUT2D eigenvalue weighted by atomic mass is 10.2. The molecule has 0 aliphatic heterocycles. The average molecular weight is 224 g/mol. The molecule has 0 aromatic heterocycles. The van der Waals surface area contributed by atoms with Crippen molar-refractivity contribution in [3.8, 4) is 0 Å². The quantitative estimate of drug-likeness (QED) is 0.549. The zero-order valence-corrected chi connectivity index (χ0v) is 9.35. The molecule has 1 aromatic carbocycles. The van der Waals surface area contributed by atoms with Crippen LogP contribution < -0.4 is 0 Å². The van der Waals surface area contributed by atoms with Gasteiger partial charge in [0.15, 0.2) is 0 Å². The number of carbonyl (C=O) groups is 1. The topological polar surface area (TPSA) is 44.8 Å². The number of carbonyl (C=O) groups excluding carboxylic acids is 1. The molecule has 0 atom stereocenters. The van der Waals surface area contributed by atoms with Crippen molar-refractivity contribution in [2.75, 3.05) is 20.3 Å². The van der Waals surface area contributed by atoms with Gasteiger partial charge in [0.2, 0.25) is 0 Å². The molecule has 1 rings (SSSR count). The maximum Gasteiger partial charge on any atom is 0.507 e. The second kappa shape index (κ2) is 7.70. The van der Waals surface area contributed by atoms with E-state index >= 15 is 0 Å². The first-order chi connectivity index (χ1) is 7.83. The fourth-order valence-corrected chi connectivity index (χ4v) is 1.14. The minimum atomic E-state index is -0.650. The van der Waals surface area contributed by atoms with Crippen LogP contribution in [0.15, 0.2) is 30.3 Å². The van der Waals surface area contributed by atoms with Crippen LogP contribution >= 0.6 is 0 Å². The Bertz CT molecular complexity index is 297. The van der Waals surface area contributed by atoms with Gasteiger partial charge in [0.05, 0.1) is 26.9 Å². The molecule has 0 spiro atoms. The van der Waals surface area contributed by atoms with Gasteiger partial charge in [-0.1, -0.05) is 30.3 Å². The molecule has 0 N–H and O–H groups in total. The summed E-state index contributed by atoms with van der Waals surface area (Å²) in [6.45, 7) is 1.46. The maximum absolute atomic E-state index is 10.6. The van der Waals surface area contributed by atoms with Crippen molar-refractivity contribution in [1.29, 1.82) is 0 Å². The van der Waals surface area contributed by atoms with Crippen molar-refractivity contribution in [1.82, 2.24) is 0 Å². The average Bonchev–Trinajstić information content (AvgIpc) is 2.34. The van der Waals surface area contributed by atoms with Gasteiger partial charge in [0.1, 0.15) is 0 Å². The van der Waals surface area contributed by atoms with Crippen molar-refractivity contribution in [2.24, 2.45) is 0 Å². The van der Waals surface area contributed by atoms with Crippen molar-refractivity contribution in [3.05, 3.63) is 35.9 Å². The SMILES string of the molecule is COC(=O)OCCCOCc1ccccc1. The standard InChI is InChI=1S/C12H16O4/c1-14-12(13)16-9-5-8-15-10-11-6-3-2-4-7-11/h2-4,6-7H,5,8-10H2,1H3. The van der Waals surface area contributed by atoms with E-state index in [-0.39, 0.29) is 0 Å². The molecular formula is C12H16O4. The number of hydrogen-bond acceptors (Lipinski definition) is 4. The monoisotopic (exact) mass is 224 g/mol. The van der Waals surface area contributed by atoms with Crippen LogP contribution in [0.3, 0.4) is 0 Å². The van der Waals surface area contributed by atoms with Gasteiger partial charge in [0, 0.05) is 6.42 Å². The van der Waals surface area contributed by atoms with E-state index in [9.17, 15) is 4.79 Å². The smallest absolute Gasteiger partial charge is 0.438 e. The Morgan fingerprint density at radius 1 is 1.19 bits per heavy atom. The van der Waals surface area contributed by atoms with Crippen molar-refractivity contribution < 1.29 is 19.0 Å². The molecule has 4 nitrogen and oxygen atoms in total. The molecule has 16 heavy (non-hydrogen) atoms. The van der Waals surface area contributed by atoms with E-state index in [1.807, 2.05) is 30.3 Å². The van der Waals surface area contributed by atoms with E-state index in [1.54, 1.807) is 0 Å². The summed E-state index contributed by atoms with van der Waals surface area (Å²) in [7, 11) is 1.29. The summed E-state index contributed by atoms with van der Waals surface area (Å²) in [4.78, 5) is 10.6. The van der Waals surface area contributed by atoms with Crippen LogP contribution in [0, 0.1) is 0 Å². The van der Waals surface area contributed by atoms with Crippen LogP contribution in [0.4, 0.5) is 4.79 Å². The highest BCUT2D eigenvalue weighted by atomic mass is 16.7. The summed E-state index contributed by atoms with van der Waals surface area (Å²) >= 11 is 0. The minimum absolute atomic E-state index is 0.321. The van der Waals surface area contributed by atoms with Crippen LogP contribution in [0.1, 0.15) is 12.0 Å².